The number of fused-ring (bicyclic) bond motifs is 1. The van der Waals surface area contributed by atoms with Crippen LogP contribution in [0.3, 0.4) is 0 Å². The molecule has 0 aliphatic carbocycles. The van der Waals surface area contributed by atoms with Gasteiger partial charge in [0.25, 0.3) is 0 Å². The fourth-order valence-corrected chi connectivity index (χ4v) is 2.96. The zero-order valence-electron chi connectivity index (χ0n) is 11.6. The van der Waals surface area contributed by atoms with Gasteiger partial charge in [-0.15, -0.1) is 11.8 Å². The van der Waals surface area contributed by atoms with E-state index in [0.29, 0.717) is 16.7 Å². The van der Waals surface area contributed by atoms with E-state index < -0.39 is 0 Å². The van der Waals surface area contributed by atoms with Gasteiger partial charge in [0.05, 0.1) is 24.4 Å². The highest BCUT2D eigenvalue weighted by atomic mass is 35.5. The Morgan fingerprint density at radius 2 is 2.19 bits per heavy atom. The summed E-state index contributed by atoms with van der Waals surface area (Å²) in [5.74, 6) is 2.15. The van der Waals surface area contributed by atoms with E-state index in [0.717, 1.165) is 21.7 Å². The number of benzene rings is 1. The van der Waals surface area contributed by atoms with E-state index in [4.69, 9.17) is 16.3 Å². The first-order valence-corrected chi connectivity index (χ1v) is 7.64. The number of aromatic nitrogens is 4. The van der Waals surface area contributed by atoms with Gasteiger partial charge in [0, 0.05) is 11.9 Å². The summed E-state index contributed by atoms with van der Waals surface area (Å²) >= 11 is 7.81. The molecule has 2 heterocycles. The molecule has 1 aromatic carbocycles. The molecule has 0 radical (unpaired) electrons. The van der Waals surface area contributed by atoms with Gasteiger partial charge in [-0.3, -0.25) is 4.68 Å². The smallest absolute Gasteiger partial charge is 0.162 e. The highest BCUT2D eigenvalue weighted by Gasteiger charge is 2.10. The minimum atomic E-state index is 0.439. The van der Waals surface area contributed by atoms with Crippen molar-refractivity contribution in [3.8, 4) is 5.75 Å². The summed E-state index contributed by atoms with van der Waals surface area (Å²) in [5, 5.41) is 5.36. The van der Waals surface area contributed by atoms with Crippen molar-refractivity contribution in [1.29, 1.82) is 0 Å². The molecule has 0 aliphatic heterocycles. The summed E-state index contributed by atoms with van der Waals surface area (Å²) in [6.07, 6.45) is 1.68. The van der Waals surface area contributed by atoms with Crippen molar-refractivity contribution in [1.82, 2.24) is 19.7 Å². The molecule has 0 atom stereocenters. The first kappa shape index (κ1) is 14.2. The predicted molar refractivity (Wildman–Crippen MR) is 83.9 cm³/mol. The molecule has 108 valence electrons. The molecular weight excluding hydrogens is 308 g/mol. The van der Waals surface area contributed by atoms with E-state index in [9.17, 15) is 0 Å². The first-order chi connectivity index (χ1) is 10.2. The Morgan fingerprint density at radius 3 is 3.00 bits per heavy atom. The van der Waals surface area contributed by atoms with Crippen LogP contribution < -0.4 is 4.74 Å². The summed E-state index contributed by atoms with van der Waals surface area (Å²) in [7, 11) is 3.49. The molecule has 0 spiro atoms. The normalized spacial score (nSPS) is 11.0. The highest BCUT2D eigenvalue weighted by molar-refractivity contribution is 7.98. The molecule has 0 saturated carbocycles. The Labute approximate surface area is 131 Å². The largest absolute Gasteiger partial charge is 0.497 e. The number of thioether (sulfide) groups is 1. The Hall–Kier alpha value is -1.79. The Kier molecular flexibility index (Phi) is 3.98. The van der Waals surface area contributed by atoms with E-state index in [1.807, 2.05) is 31.3 Å². The van der Waals surface area contributed by atoms with Crippen molar-refractivity contribution < 1.29 is 4.74 Å². The van der Waals surface area contributed by atoms with E-state index in [1.54, 1.807) is 29.8 Å². The third kappa shape index (κ3) is 2.96. The molecule has 21 heavy (non-hydrogen) atoms. The van der Waals surface area contributed by atoms with Gasteiger partial charge in [0.15, 0.2) is 5.65 Å². The number of hydrogen-bond acceptors (Lipinski definition) is 5. The predicted octanol–water partition coefficient (Wildman–Crippen LogP) is 3.32. The molecule has 0 bridgehead atoms. The van der Waals surface area contributed by atoms with E-state index in [2.05, 4.69) is 15.1 Å². The minimum Gasteiger partial charge on any atom is -0.497 e. The lowest BCUT2D eigenvalue weighted by molar-refractivity contribution is 0.413. The number of hydrogen-bond donors (Lipinski definition) is 0. The van der Waals surface area contributed by atoms with Gasteiger partial charge in [-0.25, -0.2) is 9.97 Å². The fraction of sp³-hybridized carbons (Fsp3) is 0.214. The monoisotopic (exact) mass is 320 g/mol. The first-order valence-electron chi connectivity index (χ1n) is 6.28. The minimum absolute atomic E-state index is 0.439. The van der Waals surface area contributed by atoms with Crippen LogP contribution in [0.5, 0.6) is 5.75 Å². The summed E-state index contributed by atoms with van der Waals surface area (Å²) < 4.78 is 6.91. The van der Waals surface area contributed by atoms with Crippen molar-refractivity contribution in [3.63, 3.8) is 0 Å². The molecule has 3 aromatic rings. The zero-order chi connectivity index (χ0) is 14.8. The van der Waals surface area contributed by atoms with Gasteiger partial charge >= 0.3 is 0 Å². The summed E-state index contributed by atoms with van der Waals surface area (Å²) in [6, 6.07) is 7.88. The van der Waals surface area contributed by atoms with Crippen LogP contribution in [0, 0.1) is 0 Å². The number of halogens is 1. The molecule has 0 fully saturated rings. The molecule has 2 aromatic heterocycles. The third-order valence-corrected chi connectivity index (χ3v) is 4.28. The van der Waals surface area contributed by atoms with Gasteiger partial charge in [-0.1, -0.05) is 17.7 Å². The van der Waals surface area contributed by atoms with Gasteiger partial charge < -0.3 is 4.74 Å². The van der Waals surface area contributed by atoms with Gasteiger partial charge in [0.2, 0.25) is 0 Å². The summed E-state index contributed by atoms with van der Waals surface area (Å²) in [5.41, 5.74) is 0.747. The van der Waals surface area contributed by atoms with Crippen molar-refractivity contribution >= 4 is 34.4 Å². The van der Waals surface area contributed by atoms with Crippen LogP contribution >= 0.6 is 23.4 Å². The van der Waals surface area contributed by atoms with Crippen LogP contribution in [0.1, 0.15) is 5.82 Å². The van der Waals surface area contributed by atoms with Gasteiger partial charge in [-0.05, 0) is 18.2 Å². The van der Waals surface area contributed by atoms with Crippen molar-refractivity contribution in [3.05, 3.63) is 41.4 Å². The molecule has 0 unspecified atom stereocenters. The zero-order valence-corrected chi connectivity index (χ0v) is 13.1. The second-order valence-electron chi connectivity index (χ2n) is 4.40. The Morgan fingerprint density at radius 1 is 1.33 bits per heavy atom. The highest BCUT2D eigenvalue weighted by Crippen LogP contribution is 2.27. The number of ether oxygens (including phenoxy) is 1. The van der Waals surface area contributed by atoms with Crippen molar-refractivity contribution in [2.45, 2.75) is 10.6 Å². The molecule has 0 aliphatic rings. The van der Waals surface area contributed by atoms with Crippen LogP contribution in [0.25, 0.3) is 11.0 Å². The Bertz CT molecular complexity index is 790. The topological polar surface area (TPSA) is 52.8 Å². The number of rotatable bonds is 4. The molecule has 7 heteroatoms. The average molecular weight is 321 g/mol. The molecule has 3 rings (SSSR count). The van der Waals surface area contributed by atoms with Crippen LogP contribution in [0.4, 0.5) is 0 Å². The van der Waals surface area contributed by atoms with Crippen LogP contribution in [-0.2, 0) is 12.8 Å². The Balaban J connectivity index is 1.83. The van der Waals surface area contributed by atoms with Gasteiger partial charge in [-0.2, -0.15) is 5.10 Å². The quantitative estimate of drug-likeness (QED) is 0.545. The van der Waals surface area contributed by atoms with Crippen molar-refractivity contribution in [2.24, 2.45) is 7.05 Å². The van der Waals surface area contributed by atoms with Crippen LogP contribution in [0.2, 0.25) is 5.15 Å². The van der Waals surface area contributed by atoms with Crippen LogP contribution in [0.15, 0.2) is 35.4 Å². The lowest BCUT2D eigenvalue weighted by atomic mass is 10.3. The maximum Gasteiger partial charge on any atom is 0.162 e. The standard InChI is InChI=1S/C14H13ClN4OS/c1-19-14-11(7-16-19)13(15)17-12(18-14)8-21-10-5-3-4-9(6-10)20-2/h3-7H,8H2,1-2H3. The summed E-state index contributed by atoms with van der Waals surface area (Å²) in [6.45, 7) is 0. The van der Waals surface area contributed by atoms with E-state index in [1.165, 1.54) is 0 Å². The number of methoxy groups -OCH3 is 1. The van der Waals surface area contributed by atoms with Crippen molar-refractivity contribution in [2.75, 3.05) is 7.11 Å². The molecular formula is C14H13ClN4OS. The molecule has 0 saturated heterocycles. The van der Waals surface area contributed by atoms with Gasteiger partial charge in [0.1, 0.15) is 16.7 Å². The van der Waals surface area contributed by atoms with E-state index in [-0.39, 0.29) is 0 Å². The number of nitrogens with zero attached hydrogens (tertiary/aromatic N) is 4. The maximum absolute atomic E-state index is 6.17. The molecule has 0 amide bonds. The second-order valence-corrected chi connectivity index (χ2v) is 5.81. The lowest BCUT2D eigenvalue weighted by Crippen LogP contribution is -1.98. The SMILES string of the molecule is COc1cccc(SCc2nc(Cl)c3cnn(C)c3n2)c1. The average Bonchev–Trinajstić information content (AvgIpc) is 2.87. The molecule has 5 nitrogen and oxygen atoms in total. The fourth-order valence-electron chi connectivity index (χ4n) is 1.93. The second kappa shape index (κ2) is 5.91. The lowest BCUT2D eigenvalue weighted by Gasteiger charge is -2.05. The maximum atomic E-state index is 6.17. The van der Waals surface area contributed by atoms with Crippen LogP contribution in [-0.4, -0.2) is 26.9 Å². The molecule has 0 N–H and O–H groups in total. The summed E-state index contributed by atoms with van der Waals surface area (Å²) in [4.78, 5) is 9.92. The number of aryl methyl sites for hydroxylation is 1. The third-order valence-electron chi connectivity index (χ3n) is 3.00. The van der Waals surface area contributed by atoms with E-state index >= 15 is 0 Å².